The Morgan fingerprint density at radius 3 is 2.48 bits per heavy atom. The molecule has 2 N–H and O–H groups in total. The molecule has 0 saturated carbocycles. The fraction of sp³-hybridized carbons (Fsp3) is 0.704. The van der Waals surface area contributed by atoms with Crippen LogP contribution in [0.4, 0.5) is 0 Å². The second kappa shape index (κ2) is 11.3. The fourth-order valence-electron chi connectivity index (χ4n) is 5.27. The average molecular weight is 430 g/mol. The number of hydroxylamine groups is 1. The van der Waals surface area contributed by atoms with Crippen LogP contribution in [-0.4, -0.2) is 17.3 Å². The Kier molecular flexibility index (Phi) is 8.71. The van der Waals surface area contributed by atoms with Crippen molar-refractivity contribution < 1.29 is 14.7 Å². The molecule has 2 atom stereocenters. The summed E-state index contributed by atoms with van der Waals surface area (Å²) in [6, 6.07) is 4.14. The first-order valence-corrected chi connectivity index (χ1v) is 12.6. The van der Waals surface area contributed by atoms with Crippen LogP contribution in [0.2, 0.25) is 0 Å². The first-order valence-electron chi connectivity index (χ1n) is 12.6. The van der Waals surface area contributed by atoms with Crippen molar-refractivity contribution in [3.8, 4) is 11.5 Å². The van der Waals surface area contributed by atoms with Gasteiger partial charge in [0.25, 0.3) is 0 Å². The quantitative estimate of drug-likeness (QED) is 0.273. The van der Waals surface area contributed by atoms with E-state index >= 15 is 0 Å². The standard InChI is InChI=1S/C27H43NO3/c1-5-7-8-9-10-11-12-13-14-20-17-24(29)26-22-19-21(28-30-6-2)15-16-23(22)27(3,4)31-25(26)18-20/h17-19,22-23,28-29H,5-16H2,1-4H3. The van der Waals surface area contributed by atoms with Gasteiger partial charge in [0.2, 0.25) is 0 Å². The van der Waals surface area contributed by atoms with Crippen LogP contribution in [0.25, 0.3) is 0 Å². The molecular weight excluding hydrogens is 386 g/mol. The molecule has 1 aliphatic carbocycles. The molecule has 0 fully saturated rings. The first kappa shape index (κ1) is 24.0. The molecule has 174 valence electrons. The van der Waals surface area contributed by atoms with Gasteiger partial charge >= 0.3 is 0 Å². The third-order valence-corrected chi connectivity index (χ3v) is 6.98. The summed E-state index contributed by atoms with van der Waals surface area (Å²) in [5, 5.41) is 11.0. The Hall–Kier alpha value is -1.68. The maximum atomic E-state index is 11.0. The summed E-state index contributed by atoms with van der Waals surface area (Å²) in [6.45, 7) is 9.24. The van der Waals surface area contributed by atoms with E-state index in [-0.39, 0.29) is 11.5 Å². The van der Waals surface area contributed by atoms with E-state index in [0.717, 1.165) is 36.3 Å². The highest BCUT2D eigenvalue weighted by molar-refractivity contribution is 5.54. The molecule has 2 unspecified atom stereocenters. The highest BCUT2D eigenvalue weighted by Crippen LogP contribution is 2.53. The molecule has 0 bridgehead atoms. The van der Waals surface area contributed by atoms with Gasteiger partial charge in [0.15, 0.2) is 0 Å². The lowest BCUT2D eigenvalue weighted by Crippen LogP contribution is -2.45. The van der Waals surface area contributed by atoms with E-state index in [2.05, 4.69) is 38.4 Å². The van der Waals surface area contributed by atoms with Crippen LogP contribution in [0, 0.1) is 5.92 Å². The summed E-state index contributed by atoms with van der Waals surface area (Å²) >= 11 is 0. The fourth-order valence-corrected chi connectivity index (χ4v) is 5.27. The summed E-state index contributed by atoms with van der Waals surface area (Å²) in [6.07, 6.45) is 15.7. The van der Waals surface area contributed by atoms with Gasteiger partial charge < -0.3 is 9.84 Å². The second-order valence-electron chi connectivity index (χ2n) is 9.86. The van der Waals surface area contributed by atoms with Gasteiger partial charge in [-0.1, -0.05) is 57.9 Å². The molecule has 3 rings (SSSR count). The second-order valence-corrected chi connectivity index (χ2v) is 9.86. The van der Waals surface area contributed by atoms with Crippen LogP contribution in [-0.2, 0) is 11.3 Å². The monoisotopic (exact) mass is 429 g/mol. The highest BCUT2D eigenvalue weighted by atomic mass is 16.6. The molecule has 0 radical (unpaired) electrons. The normalized spacial score (nSPS) is 21.6. The zero-order valence-electron chi connectivity index (χ0n) is 20.1. The highest BCUT2D eigenvalue weighted by Gasteiger charge is 2.45. The number of allylic oxidation sites excluding steroid dienone is 2. The van der Waals surface area contributed by atoms with E-state index in [4.69, 9.17) is 9.57 Å². The summed E-state index contributed by atoms with van der Waals surface area (Å²) in [4.78, 5) is 5.42. The number of ether oxygens (including phenoxy) is 1. The largest absolute Gasteiger partial charge is 0.507 e. The van der Waals surface area contributed by atoms with Crippen molar-refractivity contribution in [2.24, 2.45) is 5.92 Å². The van der Waals surface area contributed by atoms with Crippen molar-refractivity contribution in [3.63, 3.8) is 0 Å². The predicted octanol–water partition coefficient (Wildman–Crippen LogP) is 7.17. The van der Waals surface area contributed by atoms with E-state index in [1.165, 1.54) is 56.9 Å². The molecule has 1 aliphatic heterocycles. The van der Waals surface area contributed by atoms with Crippen LogP contribution in [0.3, 0.4) is 0 Å². The van der Waals surface area contributed by atoms with Gasteiger partial charge in [-0.15, -0.1) is 0 Å². The Bertz CT molecular complexity index is 740. The Balaban J connectivity index is 1.66. The molecular formula is C27H43NO3. The molecule has 1 aromatic carbocycles. The van der Waals surface area contributed by atoms with Gasteiger partial charge in [0, 0.05) is 23.1 Å². The SMILES string of the molecule is CCCCCCCCCCc1cc(O)c2c(c1)OC(C)(C)C1CCC(NOCC)=CC21. The van der Waals surface area contributed by atoms with Crippen molar-refractivity contribution in [2.45, 2.75) is 110 Å². The maximum absolute atomic E-state index is 11.0. The van der Waals surface area contributed by atoms with Crippen molar-refractivity contribution in [1.29, 1.82) is 0 Å². The van der Waals surface area contributed by atoms with E-state index in [1.54, 1.807) is 0 Å². The van der Waals surface area contributed by atoms with E-state index in [9.17, 15) is 5.11 Å². The van der Waals surface area contributed by atoms with Crippen LogP contribution >= 0.6 is 0 Å². The van der Waals surface area contributed by atoms with E-state index in [0.29, 0.717) is 18.3 Å². The molecule has 4 heteroatoms. The minimum atomic E-state index is -0.255. The smallest absolute Gasteiger partial charge is 0.127 e. The van der Waals surface area contributed by atoms with Crippen molar-refractivity contribution >= 4 is 0 Å². The van der Waals surface area contributed by atoms with Crippen LogP contribution in [0.5, 0.6) is 11.5 Å². The molecule has 0 saturated heterocycles. The van der Waals surface area contributed by atoms with Gasteiger partial charge in [-0.3, -0.25) is 10.3 Å². The first-order chi connectivity index (χ1) is 15.0. The zero-order valence-corrected chi connectivity index (χ0v) is 20.1. The number of rotatable bonds is 12. The Labute approximate surface area is 189 Å². The van der Waals surface area contributed by atoms with Crippen molar-refractivity contribution in [2.75, 3.05) is 6.61 Å². The third kappa shape index (κ3) is 6.19. The summed E-state index contributed by atoms with van der Waals surface area (Å²) in [5.41, 5.74) is 6.07. The lowest BCUT2D eigenvalue weighted by Gasteiger charge is -2.46. The Morgan fingerprint density at radius 1 is 1.06 bits per heavy atom. The van der Waals surface area contributed by atoms with Gasteiger partial charge in [-0.25, -0.2) is 0 Å². The van der Waals surface area contributed by atoms with Crippen LogP contribution in [0.15, 0.2) is 23.9 Å². The maximum Gasteiger partial charge on any atom is 0.127 e. The number of aromatic hydroxyl groups is 1. The summed E-state index contributed by atoms with van der Waals surface area (Å²) in [5.74, 6) is 1.73. The van der Waals surface area contributed by atoms with E-state index < -0.39 is 0 Å². The van der Waals surface area contributed by atoms with Gasteiger partial charge in [-0.2, -0.15) is 0 Å². The third-order valence-electron chi connectivity index (χ3n) is 6.98. The number of unbranched alkanes of at least 4 members (excludes halogenated alkanes) is 7. The van der Waals surface area contributed by atoms with Gasteiger partial charge in [-0.05, 0) is 64.2 Å². The van der Waals surface area contributed by atoms with Crippen molar-refractivity contribution in [3.05, 3.63) is 35.0 Å². The number of fused-ring (bicyclic) bond motifs is 3. The minimum Gasteiger partial charge on any atom is -0.507 e. The lowest BCUT2D eigenvalue weighted by atomic mass is 9.68. The molecule has 31 heavy (non-hydrogen) atoms. The summed E-state index contributed by atoms with van der Waals surface area (Å²) in [7, 11) is 0. The zero-order chi connectivity index (χ0) is 22.3. The topological polar surface area (TPSA) is 50.7 Å². The molecule has 4 nitrogen and oxygen atoms in total. The number of nitrogens with one attached hydrogen (secondary N) is 1. The predicted molar refractivity (Wildman–Crippen MR) is 127 cm³/mol. The van der Waals surface area contributed by atoms with Gasteiger partial charge in [0.1, 0.15) is 17.1 Å². The molecule has 0 spiro atoms. The molecule has 1 aromatic rings. The molecule has 0 amide bonds. The number of phenols is 1. The van der Waals surface area contributed by atoms with Crippen LogP contribution < -0.4 is 10.2 Å². The number of phenolic OH excluding ortho intramolecular Hbond substituents is 1. The van der Waals surface area contributed by atoms with Crippen LogP contribution in [0.1, 0.15) is 109 Å². The van der Waals surface area contributed by atoms with E-state index in [1.807, 2.05) is 13.0 Å². The number of aryl methyl sites for hydroxylation is 1. The number of hydrogen-bond donors (Lipinski definition) is 2. The molecule has 0 aromatic heterocycles. The minimum absolute atomic E-state index is 0.146. The molecule has 1 heterocycles. The number of benzene rings is 1. The van der Waals surface area contributed by atoms with Gasteiger partial charge in [0.05, 0.1) is 6.61 Å². The number of hydrogen-bond acceptors (Lipinski definition) is 4. The lowest BCUT2D eigenvalue weighted by molar-refractivity contribution is 0.00572. The molecule has 2 aliphatic rings. The average Bonchev–Trinajstić information content (AvgIpc) is 2.73. The van der Waals surface area contributed by atoms with Crippen molar-refractivity contribution in [1.82, 2.24) is 5.48 Å². The summed E-state index contributed by atoms with van der Waals surface area (Å²) < 4.78 is 6.47. The Morgan fingerprint density at radius 2 is 1.77 bits per heavy atom.